The summed E-state index contributed by atoms with van der Waals surface area (Å²) in [5, 5.41) is 8.31. The number of sulfonamides is 1. The Balaban J connectivity index is 1.24. The van der Waals surface area contributed by atoms with Crippen LogP contribution in [-0.2, 0) is 10.0 Å². The average Bonchev–Trinajstić information content (AvgIpc) is 2.89. The van der Waals surface area contributed by atoms with Gasteiger partial charge < -0.3 is 5.32 Å². The highest BCUT2D eigenvalue weighted by atomic mass is 32.2. The molecular formula is C29H34N3O3S+. The van der Waals surface area contributed by atoms with Crippen LogP contribution < -0.4 is 10.0 Å². The largest absolute Gasteiger partial charge is 0.311 e. The van der Waals surface area contributed by atoms with Crippen LogP contribution in [-0.4, -0.2) is 34.1 Å². The average molecular weight is 505 g/mol. The Morgan fingerprint density at radius 1 is 1.11 bits per heavy atom. The fourth-order valence-electron chi connectivity index (χ4n) is 4.84. The molecule has 0 amide bonds. The summed E-state index contributed by atoms with van der Waals surface area (Å²) < 4.78 is 28.6. The van der Waals surface area contributed by atoms with Crippen LogP contribution in [0.2, 0.25) is 0 Å². The van der Waals surface area contributed by atoms with Crippen LogP contribution in [0.4, 0.5) is 0 Å². The van der Waals surface area contributed by atoms with E-state index >= 15 is 0 Å². The third-order valence-corrected chi connectivity index (χ3v) is 8.43. The summed E-state index contributed by atoms with van der Waals surface area (Å²) in [6.45, 7) is 5.31. The first kappa shape index (κ1) is 26.1. The van der Waals surface area contributed by atoms with E-state index in [9.17, 15) is 13.3 Å². The molecule has 7 heteroatoms. The van der Waals surface area contributed by atoms with Crippen molar-refractivity contribution in [3.05, 3.63) is 101 Å². The first-order valence-electron chi connectivity index (χ1n) is 12.5. The molecule has 0 saturated heterocycles. The van der Waals surface area contributed by atoms with E-state index in [0.717, 1.165) is 55.0 Å². The zero-order valence-corrected chi connectivity index (χ0v) is 21.3. The lowest BCUT2D eigenvalue weighted by molar-refractivity contribution is 0.361. The van der Waals surface area contributed by atoms with Crippen molar-refractivity contribution in [3.8, 4) is 0 Å². The third kappa shape index (κ3) is 7.03. The van der Waals surface area contributed by atoms with Gasteiger partial charge in [0.25, 0.3) is 0 Å². The van der Waals surface area contributed by atoms with Crippen LogP contribution in [0.3, 0.4) is 0 Å². The molecule has 0 spiro atoms. The van der Waals surface area contributed by atoms with Gasteiger partial charge in [0, 0.05) is 54.6 Å². The highest BCUT2D eigenvalue weighted by Gasteiger charge is 2.21. The predicted molar refractivity (Wildman–Crippen MR) is 147 cm³/mol. The number of hydrogen-bond donors (Lipinski definition) is 2. The van der Waals surface area contributed by atoms with Crippen molar-refractivity contribution >= 4 is 20.8 Å². The van der Waals surface area contributed by atoms with Crippen molar-refractivity contribution in [2.24, 2.45) is 11.1 Å². The number of fused-ring (bicyclic) bond motifs is 1. The lowest BCUT2D eigenvalue weighted by Gasteiger charge is -2.26. The molecule has 2 aromatic rings. The minimum absolute atomic E-state index is 0.0265. The lowest BCUT2D eigenvalue weighted by atomic mass is 9.85. The Hall–Kier alpha value is -3.00. The van der Waals surface area contributed by atoms with Crippen molar-refractivity contribution < 1.29 is 8.42 Å². The molecule has 36 heavy (non-hydrogen) atoms. The van der Waals surface area contributed by atoms with Crippen molar-refractivity contribution in [1.82, 2.24) is 10.0 Å². The third-order valence-electron chi connectivity index (χ3n) is 6.95. The molecule has 2 aliphatic rings. The molecule has 4 rings (SSSR count). The molecule has 6 nitrogen and oxygen atoms in total. The Morgan fingerprint density at radius 3 is 2.64 bits per heavy atom. The second-order valence-electron chi connectivity index (χ2n) is 9.57. The predicted octanol–water partition coefficient (Wildman–Crippen LogP) is 5.61. The summed E-state index contributed by atoms with van der Waals surface area (Å²) in [6.07, 6.45) is 14.9. The molecule has 2 aromatic carbocycles. The van der Waals surface area contributed by atoms with Gasteiger partial charge in [-0.2, -0.15) is 4.91 Å². The zero-order chi connectivity index (χ0) is 25.4. The molecular weight excluding hydrogens is 470 g/mol. The number of nitrogens with zero attached hydrogens (tertiary/aromatic N) is 1. The van der Waals surface area contributed by atoms with Crippen LogP contribution in [0.15, 0.2) is 100 Å². The SMILES string of the molecule is C=C1C=CC(CC(CN=O)NCC2CCC(=CCNS(=O)(=O)c3cccc4ccccc34)CC2)=C[CH+]1. The maximum Gasteiger partial charge on any atom is 0.241 e. The zero-order valence-electron chi connectivity index (χ0n) is 20.5. The molecule has 1 saturated carbocycles. The summed E-state index contributed by atoms with van der Waals surface area (Å²) in [7, 11) is -3.59. The van der Waals surface area contributed by atoms with Gasteiger partial charge in [-0.3, -0.25) is 0 Å². The van der Waals surface area contributed by atoms with Gasteiger partial charge in [0.1, 0.15) is 0 Å². The molecule has 0 radical (unpaired) electrons. The molecule has 2 aliphatic carbocycles. The van der Waals surface area contributed by atoms with Gasteiger partial charge in [-0.1, -0.05) is 53.2 Å². The maximum atomic E-state index is 12.9. The fourth-order valence-corrected chi connectivity index (χ4v) is 6.04. The van der Waals surface area contributed by atoms with E-state index in [-0.39, 0.29) is 12.6 Å². The number of rotatable bonds is 11. The first-order chi connectivity index (χ1) is 17.4. The second kappa shape index (κ2) is 12.3. The van der Waals surface area contributed by atoms with Gasteiger partial charge in [0.15, 0.2) is 0 Å². The molecule has 0 bridgehead atoms. The molecule has 0 aromatic heterocycles. The van der Waals surface area contributed by atoms with Crippen molar-refractivity contribution in [2.45, 2.75) is 43.0 Å². The summed E-state index contributed by atoms with van der Waals surface area (Å²) >= 11 is 0. The summed E-state index contributed by atoms with van der Waals surface area (Å²) in [5.41, 5.74) is 3.44. The van der Waals surface area contributed by atoms with Crippen LogP contribution >= 0.6 is 0 Å². The standard InChI is InChI=1S/C29H34N3O3S/c1-22-9-11-24(12-10-22)19-27(21-31-33)30-20-25-15-13-23(14-16-25)17-18-32-36(34,35)29-8-4-6-26-5-2-3-7-28(26)29/h2-12,17,25,27,30,32H,1,13-16,18-21H2/q+1. The molecule has 188 valence electrons. The number of hydrogen-bond acceptors (Lipinski definition) is 5. The second-order valence-corrected chi connectivity index (χ2v) is 11.3. The van der Waals surface area contributed by atoms with Gasteiger partial charge in [0.05, 0.1) is 17.0 Å². The molecule has 1 atom stereocenters. The van der Waals surface area contributed by atoms with Crippen molar-refractivity contribution in [3.63, 3.8) is 0 Å². The minimum atomic E-state index is -3.59. The smallest absolute Gasteiger partial charge is 0.241 e. The van der Waals surface area contributed by atoms with E-state index in [2.05, 4.69) is 21.8 Å². The van der Waals surface area contributed by atoms with E-state index < -0.39 is 10.0 Å². The van der Waals surface area contributed by atoms with Crippen LogP contribution in [0, 0.1) is 17.2 Å². The van der Waals surface area contributed by atoms with E-state index in [4.69, 9.17) is 0 Å². The van der Waals surface area contributed by atoms with E-state index in [0.29, 0.717) is 17.4 Å². The van der Waals surface area contributed by atoms with Gasteiger partial charge >= 0.3 is 0 Å². The summed E-state index contributed by atoms with van der Waals surface area (Å²) in [6, 6.07) is 12.9. The fraction of sp³-hybridized carbons (Fsp3) is 0.345. The Kier molecular flexibility index (Phi) is 8.91. The normalized spacial score (nSPS) is 19.0. The van der Waals surface area contributed by atoms with Gasteiger partial charge in [-0.15, -0.1) is 0 Å². The van der Waals surface area contributed by atoms with E-state index in [1.54, 1.807) is 12.1 Å². The van der Waals surface area contributed by atoms with Crippen LogP contribution in [0.1, 0.15) is 32.1 Å². The first-order valence-corrected chi connectivity index (χ1v) is 14.0. The van der Waals surface area contributed by atoms with Crippen molar-refractivity contribution in [2.75, 3.05) is 19.6 Å². The molecule has 0 heterocycles. The summed E-state index contributed by atoms with van der Waals surface area (Å²) in [4.78, 5) is 11.2. The molecule has 0 aliphatic heterocycles. The molecule has 1 unspecified atom stereocenters. The van der Waals surface area contributed by atoms with E-state index in [1.807, 2.05) is 61.1 Å². The Labute approximate surface area is 214 Å². The van der Waals surface area contributed by atoms with E-state index in [1.165, 1.54) is 11.1 Å². The Morgan fingerprint density at radius 2 is 1.89 bits per heavy atom. The van der Waals surface area contributed by atoms with Gasteiger partial charge in [-0.25, -0.2) is 13.1 Å². The highest BCUT2D eigenvalue weighted by molar-refractivity contribution is 7.89. The van der Waals surface area contributed by atoms with Crippen LogP contribution in [0.25, 0.3) is 10.8 Å². The van der Waals surface area contributed by atoms with Crippen LogP contribution in [0.5, 0.6) is 0 Å². The minimum Gasteiger partial charge on any atom is -0.311 e. The van der Waals surface area contributed by atoms with Gasteiger partial charge in [0.2, 0.25) is 10.0 Å². The number of nitroso groups, excluding NO2 is 1. The number of benzene rings is 2. The number of allylic oxidation sites excluding steroid dienone is 5. The molecule has 2 N–H and O–H groups in total. The Bertz CT molecular complexity index is 1280. The quantitative estimate of drug-likeness (QED) is 0.237. The monoisotopic (exact) mass is 504 g/mol. The van der Waals surface area contributed by atoms with Gasteiger partial charge in [-0.05, 0) is 56.2 Å². The molecule has 1 fully saturated rings. The summed E-state index contributed by atoms with van der Waals surface area (Å²) in [5.74, 6) is 0.533. The maximum absolute atomic E-state index is 12.9. The lowest BCUT2D eigenvalue weighted by Crippen LogP contribution is -2.36. The number of nitrogens with one attached hydrogen (secondary N) is 2. The topological polar surface area (TPSA) is 87.6 Å². The van der Waals surface area contributed by atoms with Crippen molar-refractivity contribution in [1.29, 1.82) is 0 Å². The highest BCUT2D eigenvalue weighted by Crippen LogP contribution is 2.28.